The van der Waals surface area contributed by atoms with Crippen molar-refractivity contribution in [2.24, 2.45) is 11.7 Å². The van der Waals surface area contributed by atoms with Crippen LogP contribution in [0.4, 0.5) is 0 Å². The van der Waals surface area contributed by atoms with E-state index in [9.17, 15) is 68.1 Å². The summed E-state index contributed by atoms with van der Waals surface area (Å²) < 4.78 is 0. The van der Waals surface area contributed by atoms with E-state index in [4.69, 9.17) is 5.73 Å². The maximum Gasteiger partial charge on any atom is 0.245 e. The second kappa shape index (κ2) is 28.3. The Bertz CT molecular complexity index is 2500. The number of aromatic nitrogens is 1. The highest BCUT2D eigenvalue weighted by atomic mass is 16.3. The first-order valence-electron chi connectivity index (χ1n) is 23.8. The van der Waals surface area contributed by atoms with Gasteiger partial charge in [-0.15, -0.1) is 0 Å². The molecule has 1 aliphatic heterocycles. The largest absolute Gasteiger partial charge is 0.394 e. The number of carbonyl (C=O) groups is 11. The van der Waals surface area contributed by atoms with E-state index in [2.05, 4.69) is 58.2 Å². The van der Waals surface area contributed by atoms with Gasteiger partial charge >= 0.3 is 0 Å². The fraction of sp³-hybridized carbons (Fsp3) is 0.479. The third-order valence-corrected chi connectivity index (χ3v) is 11.6. The molecule has 0 bridgehead atoms. The smallest absolute Gasteiger partial charge is 0.245 e. The molecule has 0 spiro atoms. The van der Waals surface area contributed by atoms with Gasteiger partial charge in [0.05, 0.1) is 38.4 Å². The molecule has 0 aliphatic carbocycles. The molecule has 402 valence electrons. The van der Waals surface area contributed by atoms with E-state index in [0.717, 1.165) is 17.8 Å². The van der Waals surface area contributed by atoms with Crippen LogP contribution in [0.5, 0.6) is 0 Å². The van der Waals surface area contributed by atoms with Crippen LogP contribution in [0.2, 0.25) is 0 Å². The molecule has 0 saturated carbocycles. The van der Waals surface area contributed by atoms with E-state index in [0.29, 0.717) is 11.1 Å². The number of benzene rings is 2. The fourth-order valence-corrected chi connectivity index (χ4v) is 7.68. The predicted molar refractivity (Wildman–Crippen MR) is 263 cm³/mol. The fourth-order valence-electron chi connectivity index (χ4n) is 7.68. The number of primary amides is 1. The number of aliphatic hydroxyl groups excluding tert-OH is 3. The van der Waals surface area contributed by atoms with Crippen LogP contribution in [-0.2, 0) is 65.6 Å². The number of fused-ring (bicyclic) bond motifs is 1. The van der Waals surface area contributed by atoms with Gasteiger partial charge in [-0.2, -0.15) is 0 Å². The van der Waals surface area contributed by atoms with Crippen LogP contribution in [0.25, 0.3) is 10.9 Å². The van der Waals surface area contributed by atoms with E-state index in [1.165, 1.54) is 6.92 Å². The van der Waals surface area contributed by atoms with E-state index in [-0.39, 0.29) is 43.9 Å². The molecule has 16 N–H and O–H groups in total. The summed E-state index contributed by atoms with van der Waals surface area (Å²) in [7, 11) is 0. The Morgan fingerprint density at radius 1 is 0.622 bits per heavy atom. The molecule has 3 aromatic rings. The molecular weight excluding hydrogens is 969 g/mol. The van der Waals surface area contributed by atoms with Crippen LogP contribution in [0, 0.1) is 5.92 Å². The number of para-hydroxylation sites is 1. The van der Waals surface area contributed by atoms with Gasteiger partial charge < -0.3 is 79.2 Å². The third kappa shape index (κ3) is 18.3. The molecule has 0 radical (unpaired) electrons. The molecule has 11 amide bonds. The molecule has 1 aromatic heterocycles. The Morgan fingerprint density at radius 2 is 1.18 bits per heavy atom. The van der Waals surface area contributed by atoms with Crippen molar-refractivity contribution in [1.29, 1.82) is 0 Å². The molecule has 74 heavy (non-hydrogen) atoms. The minimum atomic E-state index is -1.83. The van der Waals surface area contributed by atoms with E-state index < -0.39 is 140 Å². The van der Waals surface area contributed by atoms with Gasteiger partial charge in [-0.25, -0.2) is 0 Å². The molecule has 0 unspecified atom stereocenters. The lowest BCUT2D eigenvalue weighted by atomic mass is 10.0. The summed E-state index contributed by atoms with van der Waals surface area (Å²) in [5.41, 5.74) is 6.91. The highest BCUT2D eigenvalue weighted by Gasteiger charge is 2.37. The molecule has 2 heterocycles. The van der Waals surface area contributed by atoms with Crippen molar-refractivity contribution in [2.75, 3.05) is 26.2 Å². The van der Waals surface area contributed by atoms with Crippen molar-refractivity contribution < 1.29 is 68.1 Å². The minimum absolute atomic E-state index is 0.0857. The summed E-state index contributed by atoms with van der Waals surface area (Å²) in [4.78, 5) is 146. The van der Waals surface area contributed by atoms with Gasteiger partial charge in [0.25, 0.3) is 0 Å². The van der Waals surface area contributed by atoms with Crippen LogP contribution >= 0.6 is 0 Å². The Labute approximate surface area is 425 Å². The van der Waals surface area contributed by atoms with Crippen LogP contribution < -0.4 is 58.9 Å². The maximum absolute atomic E-state index is 14.0. The number of carbonyl (C=O) groups excluding carboxylic acids is 11. The first kappa shape index (κ1) is 58.6. The Morgan fingerprint density at radius 3 is 1.74 bits per heavy atom. The lowest BCUT2D eigenvalue weighted by molar-refractivity contribution is -0.138. The van der Waals surface area contributed by atoms with Gasteiger partial charge in [-0.1, -0.05) is 62.4 Å². The summed E-state index contributed by atoms with van der Waals surface area (Å²) in [6, 6.07) is 5.19. The van der Waals surface area contributed by atoms with Gasteiger partial charge in [-0.3, -0.25) is 52.7 Å². The quantitative estimate of drug-likeness (QED) is 0.0324. The summed E-state index contributed by atoms with van der Waals surface area (Å²) in [5.74, 6) is -9.55. The summed E-state index contributed by atoms with van der Waals surface area (Å²) in [6.45, 7) is 3.04. The van der Waals surface area contributed by atoms with Crippen LogP contribution in [-0.4, -0.2) is 166 Å². The Balaban J connectivity index is 1.43. The lowest BCUT2D eigenvalue weighted by Crippen LogP contribution is -2.63. The van der Waals surface area contributed by atoms with Crippen molar-refractivity contribution in [3.05, 3.63) is 71.9 Å². The molecule has 9 atom stereocenters. The van der Waals surface area contributed by atoms with Crippen LogP contribution in [0.15, 0.2) is 60.8 Å². The first-order chi connectivity index (χ1) is 35.1. The monoisotopic (exact) mass is 1030 g/mol. The second-order valence-corrected chi connectivity index (χ2v) is 18.2. The first-order valence-corrected chi connectivity index (χ1v) is 23.8. The van der Waals surface area contributed by atoms with Crippen molar-refractivity contribution in [3.8, 4) is 0 Å². The van der Waals surface area contributed by atoms with Gasteiger partial charge in [0.1, 0.15) is 42.3 Å². The van der Waals surface area contributed by atoms with Crippen molar-refractivity contribution in [1.82, 2.24) is 58.2 Å². The standard InChI is InChI=1S/C48H66N12O14/c1-24(2)16-32(56-44(70)31-14-15-37(65)54-31)45(71)59-40(25(3)62)47(73)57-33(17-27-10-6-5-7-11-27)46(72)60-41(26(4)63)48(74)58-35(23-61)43(69)53-22-39(67)55-34(42(68)52-21-38(66)51-20-36(49)64)18-28-19-50-30-13-9-8-12-29(28)30/h5-13,19,24-26,31-35,40-41,50,61-63H,14-18,20-23H2,1-4H3,(H2,49,64)(H,51,66)(H,52,68)(H,53,69)(H,54,65)(H,55,67)(H,56,70)(H,57,73)(H,58,74)(H,59,71)(H,60,72)/t25-,26-,31+,32+,33+,34+,35+,40+,41+/m1/s1. The summed E-state index contributed by atoms with van der Waals surface area (Å²) in [5, 5.41) is 56.2. The number of nitrogens with one attached hydrogen (secondary N) is 11. The number of aromatic amines is 1. The molecular formula is C48H66N12O14. The Kier molecular flexibility index (Phi) is 22.4. The number of amides is 11. The number of H-pyrrole nitrogens is 1. The maximum atomic E-state index is 14.0. The van der Waals surface area contributed by atoms with Crippen molar-refractivity contribution >= 4 is 75.9 Å². The van der Waals surface area contributed by atoms with Gasteiger partial charge in [0.15, 0.2) is 0 Å². The Hall–Kier alpha value is -7.97. The SMILES string of the molecule is CC(C)C[C@H](NC(=O)[C@@H]1CCC(=O)N1)C(=O)N[C@H](C(=O)N[C@@H](Cc1ccccc1)C(=O)N[C@H](C(=O)N[C@@H](CO)C(=O)NCC(=O)N[C@@H](Cc1c[nH]c2ccccc12)C(=O)NCC(=O)NCC(N)=O)[C@@H](C)O)[C@@H](C)O. The second-order valence-electron chi connectivity index (χ2n) is 18.2. The molecule has 4 rings (SSSR count). The van der Waals surface area contributed by atoms with Gasteiger partial charge in [0, 0.05) is 36.4 Å². The summed E-state index contributed by atoms with van der Waals surface area (Å²) >= 11 is 0. The average Bonchev–Trinajstić information content (AvgIpc) is 3.99. The summed E-state index contributed by atoms with van der Waals surface area (Å²) in [6.07, 6.45) is -1.43. The lowest BCUT2D eigenvalue weighted by Gasteiger charge is -2.29. The zero-order valence-electron chi connectivity index (χ0n) is 41.3. The number of hydrogen-bond acceptors (Lipinski definition) is 14. The average molecular weight is 1040 g/mol. The zero-order chi connectivity index (χ0) is 54.6. The van der Waals surface area contributed by atoms with Gasteiger partial charge in [-0.05, 0) is 49.8 Å². The van der Waals surface area contributed by atoms with Gasteiger partial charge in [0.2, 0.25) is 65.0 Å². The van der Waals surface area contributed by atoms with Crippen molar-refractivity contribution in [2.45, 2.75) is 114 Å². The van der Waals surface area contributed by atoms with E-state index >= 15 is 0 Å². The van der Waals surface area contributed by atoms with Crippen molar-refractivity contribution in [3.63, 3.8) is 0 Å². The number of hydrogen-bond donors (Lipinski definition) is 15. The topological polar surface area (TPSA) is 411 Å². The normalized spacial score (nSPS) is 16.3. The zero-order valence-corrected chi connectivity index (χ0v) is 41.3. The molecule has 1 saturated heterocycles. The highest BCUT2D eigenvalue weighted by molar-refractivity contribution is 5.99. The molecule has 2 aromatic carbocycles. The molecule has 1 aliphatic rings. The molecule has 1 fully saturated rings. The minimum Gasteiger partial charge on any atom is -0.394 e. The van der Waals surface area contributed by atoms with Crippen LogP contribution in [0.1, 0.15) is 58.1 Å². The van der Waals surface area contributed by atoms with E-state index in [1.54, 1.807) is 74.6 Å². The number of rotatable bonds is 28. The predicted octanol–water partition coefficient (Wildman–Crippen LogP) is -5.23. The van der Waals surface area contributed by atoms with E-state index in [1.807, 2.05) is 0 Å². The number of nitrogens with two attached hydrogens (primary N) is 1. The third-order valence-electron chi connectivity index (χ3n) is 11.6. The highest BCUT2D eigenvalue weighted by Crippen LogP contribution is 2.19. The van der Waals surface area contributed by atoms with Crippen LogP contribution in [0.3, 0.4) is 0 Å². The molecule has 26 heteroatoms. The molecule has 26 nitrogen and oxygen atoms in total. The number of aliphatic hydroxyl groups is 3.